The van der Waals surface area contributed by atoms with Crippen molar-refractivity contribution in [2.45, 2.75) is 38.8 Å². The second kappa shape index (κ2) is 7.41. The Balaban J connectivity index is 1.95. The van der Waals surface area contributed by atoms with Gasteiger partial charge in [0.25, 0.3) is 0 Å². The lowest BCUT2D eigenvalue weighted by atomic mass is 10.2. The van der Waals surface area contributed by atoms with Gasteiger partial charge in [-0.3, -0.25) is 5.32 Å². The number of hydrogen-bond donors (Lipinski definition) is 1. The molecule has 0 bridgehead atoms. The number of rotatable bonds is 6. The molecule has 1 fully saturated rings. The number of esters is 1. The molecule has 16 heavy (non-hydrogen) atoms. The standard InChI is InChI=1S/C12H21NO3/c1-10(2)12(14)16-9-5-7-13-11-6-3-4-8-15-11/h11,13H,1,3-9H2,2H3. The van der Waals surface area contributed by atoms with E-state index in [1.807, 2.05) is 0 Å². The van der Waals surface area contributed by atoms with Crippen molar-refractivity contribution in [2.75, 3.05) is 19.8 Å². The summed E-state index contributed by atoms with van der Waals surface area (Å²) in [5.74, 6) is -0.311. The topological polar surface area (TPSA) is 47.6 Å². The zero-order valence-corrected chi connectivity index (χ0v) is 9.96. The number of carbonyl (C=O) groups excluding carboxylic acids is 1. The van der Waals surface area contributed by atoms with Gasteiger partial charge >= 0.3 is 5.97 Å². The molecule has 0 amide bonds. The number of hydrogen-bond acceptors (Lipinski definition) is 4. The molecule has 4 nitrogen and oxygen atoms in total. The van der Waals surface area contributed by atoms with Crippen LogP contribution in [0.3, 0.4) is 0 Å². The number of nitrogens with one attached hydrogen (secondary N) is 1. The molecule has 92 valence electrons. The zero-order chi connectivity index (χ0) is 11.8. The first-order chi connectivity index (χ1) is 7.70. The van der Waals surface area contributed by atoms with E-state index < -0.39 is 0 Å². The Morgan fingerprint density at radius 1 is 1.56 bits per heavy atom. The molecular formula is C12H21NO3. The Kier molecular flexibility index (Phi) is 6.11. The van der Waals surface area contributed by atoms with Crippen molar-refractivity contribution in [3.63, 3.8) is 0 Å². The molecule has 0 aliphatic carbocycles. The summed E-state index contributed by atoms with van der Waals surface area (Å²) in [6, 6.07) is 0. The van der Waals surface area contributed by atoms with Gasteiger partial charge in [0.15, 0.2) is 0 Å². The Morgan fingerprint density at radius 2 is 2.38 bits per heavy atom. The molecule has 1 aliphatic rings. The number of carbonyl (C=O) groups is 1. The lowest BCUT2D eigenvalue weighted by Crippen LogP contribution is -2.35. The van der Waals surface area contributed by atoms with E-state index in [0.717, 1.165) is 32.4 Å². The minimum Gasteiger partial charge on any atom is -0.462 e. The average molecular weight is 227 g/mol. The fourth-order valence-electron chi connectivity index (χ4n) is 1.52. The van der Waals surface area contributed by atoms with Crippen LogP contribution in [0.1, 0.15) is 32.6 Å². The molecule has 0 saturated carbocycles. The van der Waals surface area contributed by atoms with E-state index in [2.05, 4.69) is 11.9 Å². The summed E-state index contributed by atoms with van der Waals surface area (Å²) >= 11 is 0. The average Bonchev–Trinajstić information content (AvgIpc) is 2.29. The molecule has 0 aromatic heterocycles. The van der Waals surface area contributed by atoms with Crippen LogP contribution >= 0.6 is 0 Å². The van der Waals surface area contributed by atoms with Gasteiger partial charge in [-0.25, -0.2) is 4.79 Å². The lowest BCUT2D eigenvalue weighted by Gasteiger charge is -2.23. The van der Waals surface area contributed by atoms with Crippen LogP contribution < -0.4 is 5.32 Å². The maximum absolute atomic E-state index is 11.0. The van der Waals surface area contributed by atoms with Crippen LogP contribution in [0.2, 0.25) is 0 Å². The highest BCUT2D eigenvalue weighted by atomic mass is 16.5. The zero-order valence-electron chi connectivity index (χ0n) is 9.96. The molecule has 1 rings (SSSR count). The van der Waals surface area contributed by atoms with Crippen molar-refractivity contribution in [1.82, 2.24) is 5.32 Å². The lowest BCUT2D eigenvalue weighted by molar-refractivity contribution is -0.139. The van der Waals surface area contributed by atoms with Gasteiger partial charge in [0, 0.05) is 18.7 Å². The molecule has 1 N–H and O–H groups in total. The SMILES string of the molecule is C=C(C)C(=O)OCCCNC1CCCCO1. The first kappa shape index (κ1) is 13.2. The molecule has 1 heterocycles. The molecule has 1 aliphatic heterocycles. The van der Waals surface area contributed by atoms with Gasteiger partial charge in [0.2, 0.25) is 0 Å². The molecule has 1 saturated heterocycles. The van der Waals surface area contributed by atoms with Crippen molar-refractivity contribution >= 4 is 5.97 Å². The second-order valence-corrected chi connectivity index (χ2v) is 4.08. The normalized spacial score (nSPS) is 20.4. The van der Waals surface area contributed by atoms with Crippen LogP contribution in [-0.4, -0.2) is 32.0 Å². The van der Waals surface area contributed by atoms with E-state index in [9.17, 15) is 4.79 Å². The summed E-state index contributed by atoms with van der Waals surface area (Å²) in [5.41, 5.74) is 0.448. The summed E-state index contributed by atoms with van der Waals surface area (Å²) in [7, 11) is 0. The van der Waals surface area contributed by atoms with Gasteiger partial charge in [0.05, 0.1) is 6.61 Å². The molecule has 0 radical (unpaired) electrons. The van der Waals surface area contributed by atoms with E-state index in [1.165, 1.54) is 6.42 Å². The summed E-state index contributed by atoms with van der Waals surface area (Å²) in [6.07, 6.45) is 4.45. The minimum atomic E-state index is -0.311. The van der Waals surface area contributed by atoms with Crippen molar-refractivity contribution in [1.29, 1.82) is 0 Å². The maximum atomic E-state index is 11.0. The summed E-state index contributed by atoms with van der Waals surface area (Å²) < 4.78 is 10.5. The molecule has 4 heteroatoms. The first-order valence-electron chi connectivity index (χ1n) is 5.88. The molecule has 0 aromatic carbocycles. The highest BCUT2D eigenvalue weighted by Crippen LogP contribution is 2.09. The highest BCUT2D eigenvalue weighted by molar-refractivity contribution is 5.86. The number of ether oxygens (including phenoxy) is 2. The van der Waals surface area contributed by atoms with Gasteiger partial charge in [-0.05, 0) is 32.6 Å². The molecule has 0 aromatic rings. The molecule has 1 unspecified atom stereocenters. The minimum absolute atomic E-state index is 0.186. The van der Waals surface area contributed by atoms with E-state index in [4.69, 9.17) is 9.47 Å². The Hall–Kier alpha value is -0.870. The smallest absolute Gasteiger partial charge is 0.333 e. The van der Waals surface area contributed by atoms with Crippen LogP contribution in [-0.2, 0) is 14.3 Å². The van der Waals surface area contributed by atoms with E-state index in [1.54, 1.807) is 6.92 Å². The summed E-state index contributed by atoms with van der Waals surface area (Å²) in [4.78, 5) is 11.0. The van der Waals surface area contributed by atoms with Crippen LogP contribution in [0.15, 0.2) is 12.2 Å². The second-order valence-electron chi connectivity index (χ2n) is 4.08. The predicted molar refractivity (Wildman–Crippen MR) is 62.0 cm³/mol. The van der Waals surface area contributed by atoms with Gasteiger partial charge in [-0.2, -0.15) is 0 Å². The summed E-state index contributed by atoms with van der Waals surface area (Å²) in [5, 5.41) is 3.29. The monoisotopic (exact) mass is 227 g/mol. The maximum Gasteiger partial charge on any atom is 0.333 e. The van der Waals surface area contributed by atoms with E-state index >= 15 is 0 Å². The Labute approximate surface area is 97.0 Å². The van der Waals surface area contributed by atoms with Crippen molar-refractivity contribution < 1.29 is 14.3 Å². The summed E-state index contributed by atoms with van der Waals surface area (Å²) in [6.45, 7) is 7.27. The van der Waals surface area contributed by atoms with Crippen molar-refractivity contribution in [2.24, 2.45) is 0 Å². The first-order valence-corrected chi connectivity index (χ1v) is 5.88. The Morgan fingerprint density at radius 3 is 3.00 bits per heavy atom. The third-order valence-corrected chi connectivity index (χ3v) is 2.45. The molecule has 0 spiro atoms. The van der Waals surface area contributed by atoms with Gasteiger partial charge in [-0.15, -0.1) is 0 Å². The van der Waals surface area contributed by atoms with Crippen molar-refractivity contribution in [3.8, 4) is 0 Å². The Bertz CT molecular complexity index is 234. The van der Waals surface area contributed by atoms with E-state index in [0.29, 0.717) is 12.2 Å². The van der Waals surface area contributed by atoms with Crippen LogP contribution in [0.4, 0.5) is 0 Å². The van der Waals surface area contributed by atoms with Crippen LogP contribution in [0.25, 0.3) is 0 Å². The van der Waals surface area contributed by atoms with Gasteiger partial charge in [-0.1, -0.05) is 6.58 Å². The molecular weight excluding hydrogens is 206 g/mol. The predicted octanol–water partition coefficient (Wildman–Crippen LogP) is 1.61. The fourth-order valence-corrected chi connectivity index (χ4v) is 1.52. The van der Waals surface area contributed by atoms with Gasteiger partial charge < -0.3 is 9.47 Å². The van der Waals surface area contributed by atoms with Crippen LogP contribution in [0, 0.1) is 0 Å². The van der Waals surface area contributed by atoms with E-state index in [-0.39, 0.29) is 12.2 Å². The third kappa shape index (κ3) is 5.28. The van der Waals surface area contributed by atoms with Crippen LogP contribution in [0.5, 0.6) is 0 Å². The van der Waals surface area contributed by atoms with Crippen molar-refractivity contribution in [3.05, 3.63) is 12.2 Å². The molecule has 1 atom stereocenters. The largest absolute Gasteiger partial charge is 0.462 e. The highest BCUT2D eigenvalue weighted by Gasteiger charge is 2.12. The van der Waals surface area contributed by atoms with Gasteiger partial charge in [0.1, 0.15) is 6.23 Å². The quantitative estimate of drug-likeness (QED) is 0.425. The fraction of sp³-hybridized carbons (Fsp3) is 0.750. The third-order valence-electron chi connectivity index (χ3n) is 2.45.